The molecule has 0 radical (unpaired) electrons. The Morgan fingerprint density at radius 3 is 1.25 bits per heavy atom. The number of hydrogen-bond acceptors (Lipinski definition) is 5. The van der Waals surface area contributed by atoms with Gasteiger partial charge in [0.2, 0.25) is 0 Å². The molecule has 2 aliphatic rings. The van der Waals surface area contributed by atoms with Crippen molar-refractivity contribution in [2.45, 2.75) is 116 Å². The monoisotopic (exact) mass is 1030 g/mol. The van der Waals surface area contributed by atoms with Gasteiger partial charge in [0.25, 0.3) is 11.8 Å². The van der Waals surface area contributed by atoms with E-state index >= 15 is 0 Å². The summed E-state index contributed by atoms with van der Waals surface area (Å²) in [5.74, 6) is -80.9. The van der Waals surface area contributed by atoms with Gasteiger partial charge in [-0.15, -0.1) is 0 Å². The average Bonchev–Trinajstić information content (AvgIpc) is 3.67. The number of amides is 2. The normalized spacial score (nSPS) is 17.5. The number of alkyl halides is 26. The van der Waals surface area contributed by atoms with Crippen molar-refractivity contribution in [1.29, 1.82) is 0 Å². The fourth-order valence-corrected chi connectivity index (χ4v) is 6.38. The zero-order valence-electron chi connectivity index (χ0n) is 31.8. The molecule has 0 bridgehead atoms. The number of halogens is 26. The first kappa shape index (κ1) is 54.6. The summed E-state index contributed by atoms with van der Waals surface area (Å²) in [6.45, 7) is -1.10. The van der Waals surface area contributed by atoms with Crippen LogP contribution in [0.15, 0.2) is 36.4 Å². The van der Waals surface area contributed by atoms with Gasteiger partial charge in [-0.3, -0.25) is 14.4 Å². The second-order valence-electron chi connectivity index (χ2n) is 14.6. The summed E-state index contributed by atoms with van der Waals surface area (Å²) in [6, 6.07) is 4.06. The molecule has 1 atom stereocenters. The molecule has 1 unspecified atom stereocenters. The van der Waals surface area contributed by atoms with Crippen LogP contribution in [0.25, 0.3) is 11.1 Å². The Labute approximate surface area is 354 Å². The molecule has 2 amide bonds. The molecule has 0 N–H and O–H groups in total. The maximum Gasteiger partial charge on any atom is 0.533 e. The Balaban J connectivity index is 1.68. The van der Waals surface area contributed by atoms with Crippen molar-refractivity contribution >= 4 is 18.0 Å². The number of benzene rings is 2. The summed E-state index contributed by atoms with van der Waals surface area (Å²) in [5, 5.41) is -0.0684. The highest BCUT2D eigenvalue weighted by Crippen LogP contribution is 2.62. The van der Waals surface area contributed by atoms with Crippen LogP contribution in [0.4, 0.5) is 119 Å². The Hall–Kier alpha value is -4.97. The lowest BCUT2D eigenvalue weighted by Crippen LogP contribution is -2.70. The Morgan fingerprint density at radius 2 is 0.851 bits per heavy atom. The van der Waals surface area contributed by atoms with E-state index in [9.17, 15) is 129 Å². The van der Waals surface area contributed by atoms with E-state index in [1.807, 2.05) is 0 Å². The third-order valence-electron chi connectivity index (χ3n) is 10.3. The lowest BCUT2D eigenvalue weighted by atomic mass is 9.90. The van der Waals surface area contributed by atoms with Crippen molar-refractivity contribution in [3.8, 4) is 11.1 Å². The maximum atomic E-state index is 14.6. The van der Waals surface area contributed by atoms with Gasteiger partial charge in [-0.1, -0.05) is 41.5 Å². The van der Waals surface area contributed by atoms with E-state index in [4.69, 9.17) is 4.74 Å². The SMILES string of the molecule is O=C(OCC1c2ccc(CCC(F)(F)C(F)(F)C(F)(F)C(F)(F)C(F)(F)C(F)(F)F)cc2-c2ccc(CCC(F)(F)C(F)(F)C(F)(F)C(F)(F)C(F)(F)C(F)(F)F)cc21)ON1C(=O)CCC1=O. The van der Waals surface area contributed by atoms with Gasteiger partial charge in [-0.2, -0.15) is 114 Å². The molecule has 4 rings (SSSR count). The number of aryl methyl sites for hydroxylation is 2. The number of rotatable bonds is 17. The zero-order chi connectivity index (χ0) is 52.0. The number of nitrogens with zero attached hydrogens (tertiary/aromatic N) is 1. The molecule has 1 saturated heterocycles. The Kier molecular flexibility index (Phi) is 13.6. The highest BCUT2D eigenvalue weighted by molar-refractivity contribution is 6.01. The lowest BCUT2D eigenvalue weighted by Gasteiger charge is -2.39. The van der Waals surface area contributed by atoms with Gasteiger partial charge in [-0.25, -0.2) is 4.79 Å². The third kappa shape index (κ3) is 8.62. The van der Waals surface area contributed by atoms with Gasteiger partial charge in [-0.05, 0) is 46.2 Å². The number of ether oxygens (including phenoxy) is 1. The van der Waals surface area contributed by atoms with Crippen molar-refractivity contribution in [3.05, 3.63) is 58.7 Å². The molecule has 32 heteroatoms. The highest BCUT2D eigenvalue weighted by Gasteiger charge is 2.92. The lowest BCUT2D eigenvalue weighted by molar-refractivity contribution is -0.440. The van der Waals surface area contributed by atoms with Gasteiger partial charge in [0.15, 0.2) is 0 Å². The van der Waals surface area contributed by atoms with E-state index in [0.717, 1.165) is 12.1 Å². The molecule has 0 aromatic heterocycles. The summed E-state index contributed by atoms with van der Waals surface area (Å²) in [6.07, 6.45) is -27.0. The first-order valence-corrected chi connectivity index (χ1v) is 17.7. The standard InChI is InChI=1S/C35H21F26NO5/c36-24(37,26(40,41)28(44,45)30(48,49)32(52,53)34(56,57)58)9-7-14-2-4-17-18(11-14)16-3-1-15(12-19(16)20(17)13-66-23(65)67-62-21(63)5-6-22(62)64)8-10-25(38,39)27(42,43)29(46,47)31(50,51)33(54,55)35(59,60)61/h1-4,11-12,20H,5-10,13H2. The number of imide groups is 1. The van der Waals surface area contributed by atoms with Crippen LogP contribution in [-0.4, -0.2) is 101 Å². The summed E-state index contributed by atoms with van der Waals surface area (Å²) in [4.78, 5) is 40.4. The zero-order valence-corrected chi connectivity index (χ0v) is 31.8. The summed E-state index contributed by atoms with van der Waals surface area (Å²) in [5.41, 5.74) is -2.84. The van der Waals surface area contributed by atoms with E-state index in [1.54, 1.807) is 0 Å². The topological polar surface area (TPSA) is 72.9 Å². The summed E-state index contributed by atoms with van der Waals surface area (Å²) < 4.78 is 359. The number of carbonyl (C=O) groups excluding carboxylic acids is 3. The molecule has 2 aromatic carbocycles. The maximum absolute atomic E-state index is 14.6. The molecular formula is C35H21F26NO5. The minimum atomic E-state index is -8.21. The van der Waals surface area contributed by atoms with Crippen LogP contribution in [0.1, 0.15) is 53.9 Å². The van der Waals surface area contributed by atoms with Gasteiger partial charge in [0.1, 0.15) is 6.61 Å². The first-order valence-electron chi connectivity index (χ1n) is 17.7. The van der Waals surface area contributed by atoms with Gasteiger partial charge >= 0.3 is 77.7 Å². The smallest absolute Gasteiger partial charge is 0.432 e. The predicted molar refractivity (Wildman–Crippen MR) is 165 cm³/mol. The number of fused-ring (bicyclic) bond motifs is 3. The van der Waals surface area contributed by atoms with Crippen molar-refractivity contribution in [2.24, 2.45) is 0 Å². The fourth-order valence-electron chi connectivity index (χ4n) is 6.38. The summed E-state index contributed by atoms with van der Waals surface area (Å²) >= 11 is 0. The molecule has 67 heavy (non-hydrogen) atoms. The van der Waals surface area contributed by atoms with E-state index in [1.165, 1.54) is 0 Å². The van der Waals surface area contributed by atoms with E-state index in [2.05, 4.69) is 4.84 Å². The van der Waals surface area contributed by atoms with Crippen LogP contribution in [-0.2, 0) is 32.0 Å². The molecule has 1 aliphatic heterocycles. The van der Waals surface area contributed by atoms with Crippen LogP contribution in [0.2, 0.25) is 0 Å². The second kappa shape index (κ2) is 16.6. The van der Waals surface area contributed by atoms with Crippen molar-refractivity contribution in [2.75, 3.05) is 6.61 Å². The molecule has 0 spiro atoms. The Bertz CT molecular complexity index is 2220. The van der Waals surface area contributed by atoms with E-state index < -0.39 is 157 Å². The van der Waals surface area contributed by atoms with Crippen LogP contribution >= 0.6 is 0 Å². The largest absolute Gasteiger partial charge is 0.533 e. The van der Waals surface area contributed by atoms with Gasteiger partial charge in [0, 0.05) is 31.6 Å². The number of hydrogen-bond donors (Lipinski definition) is 0. The molecule has 1 aliphatic carbocycles. The van der Waals surface area contributed by atoms with Crippen LogP contribution in [0, 0.1) is 0 Å². The van der Waals surface area contributed by atoms with Gasteiger partial charge < -0.3 is 4.74 Å². The highest BCUT2D eigenvalue weighted by atomic mass is 19.4. The Morgan fingerprint density at radius 1 is 0.478 bits per heavy atom. The van der Waals surface area contributed by atoms with Crippen LogP contribution in [0.3, 0.4) is 0 Å². The quantitative estimate of drug-likeness (QED) is 0.0897. The summed E-state index contributed by atoms with van der Waals surface area (Å²) in [7, 11) is 0. The molecule has 378 valence electrons. The van der Waals surface area contributed by atoms with E-state index in [0.29, 0.717) is 24.3 Å². The number of carbonyl (C=O) groups is 3. The average molecular weight is 1030 g/mol. The van der Waals surface area contributed by atoms with Crippen LogP contribution < -0.4 is 0 Å². The van der Waals surface area contributed by atoms with Crippen molar-refractivity contribution < 1.29 is 138 Å². The van der Waals surface area contributed by atoms with Crippen molar-refractivity contribution in [3.63, 3.8) is 0 Å². The van der Waals surface area contributed by atoms with Gasteiger partial charge in [0.05, 0.1) is 0 Å². The number of hydroxylamine groups is 2. The molecular weight excluding hydrogens is 1010 g/mol. The second-order valence-corrected chi connectivity index (χ2v) is 14.6. The van der Waals surface area contributed by atoms with Crippen LogP contribution in [0.5, 0.6) is 0 Å². The fraction of sp³-hybridized carbons (Fsp3) is 0.571. The molecule has 1 heterocycles. The molecule has 2 aromatic rings. The minimum Gasteiger partial charge on any atom is -0.432 e. The predicted octanol–water partition coefficient (Wildman–Crippen LogP) is 12.4. The van der Waals surface area contributed by atoms with Crippen molar-refractivity contribution in [1.82, 2.24) is 5.06 Å². The minimum absolute atomic E-state index is 0.0684. The van der Waals surface area contributed by atoms with E-state index in [-0.39, 0.29) is 21.8 Å². The first-order chi connectivity index (χ1) is 29.8. The molecule has 1 fully saturated rings. The molecule has 6 nitrogen and oxygen atoms in total. The molecule has 0 saturated carbocycles. The third-order valence-corrected chi connectivity index (χ3v) is 10.3.